The molecule has 1 amide bonds. The van der Waals surface area contributed by atoms with E-state index in [9.17, 15) is 9.90 Å². The van der Waals surface area contributed by atoms with Gasteiger partial charge in [-0.05, 0) is 31.0 Å². The fraction of sp³-hybridized carbons (Fsp3) is 0.308. The van der Waals surface area contributed by atoms with Crippen molar-refractivity contribution in [2.75, 3.05) is 12.3 Å². The maximum Gasteiger partial charge on any atom is 0.251 e. The van der Waals surface area contributed by atoms with E-state index in [-0.39, 0.29) is 17.3 Å². The number of nitrogens with two attached hydrogens (primary N) is 1. The summed E-state index contributed by atoms with van der Waals surface area (Å²) in [6.07, 6.45) is 7.57. The quantitative estimate of drug-likeness (QED) is 0.312. The molecule has 0 unspecified atom stereocenters. The van der Waals surface area contributed by atoms with Crippen molar-refractivity contribution in [1.82, 2.24) is 5.32 Å². The van der Waals surface area contributed by atoms with Crippen LogP contribution in [0.15, 0.2) is 18.2 Å². The van der Waals surface area contributed by atoms with E-state index >= 15 is 0 Å². The SMILES string of the molecule is C#CCCCCNC(=O)c1ccc(N)c(O)c1. The fourth-order valence-corrected chi connectivity index (χ4v) is 1.34. The molecule has 0 aromatic heterocycles. The van der Waals surface area contributed by atoms with E-state index in [1.807, 2.05) is 0 Å². The topological polar surface area (TPSA) is 75.4 Å². The summed E-state index contributed by atoms with van der Waals surface area (Å²) in [7, 11) is 0. The summed E-state index contributed by atoms with van der Waals surface area (Å²) in [6.45, 7) is 0.575. The van der Waals surface area contributed by atoms with Crippen molar-refractivity contribution >= 4 is 11.6 Å². The number of carbonyl (C=O) groups excluding carboxylic acids is 1. The van der Waals surface area contributed by atoms with Crippen molar-refractivity contribution in [1.29, 1.82) is 0 Å². The van der Waals surface area contributed by atoms with E-state index in [2.05, 4.69) is 11.2 Å². The molecule has 4 heteroatoms. The van der Waals surface area contributed by atoms with E-state index in [0.29, 0.717) is 12.1 Å². The Bertz CT molecular complexity index is 436. The molecule has 1 rings (SSSR count). The van der Waals surface area contributed by atoms with Crippen LogP contribution in [-0.2, 0) is 0 Å². The Labute approximate surface area is 101 Å². The molecule has 4 N–H and O–H groups in total. The second-order valence-electron chi connectivity index (χ2n) is 3.69. The Kier molecular flexibility index (Phi) is 4.89. The van der Waals surface area contributed by atoms with Gasteiger partial charge in [-0.2, -0.15) is 0 Å². The number of hydrogen-bond donors (Lipinski definition) is 3. The van der Waals surface area contributed by atoms with Gasteiger partial charge in [0.25, 0.3) is 5.91 Å². The van der Waals surface area contributed by atoms with Gasteiger partial charge in [0.15, 0.2) is 0 Å². The normalized spacial score (nSPS) is 9.59. The van der Waals surface area contributed by atoms with Crippen molar-refractivity contribution in [3.63, 3.8) is 0 Å². The van der Waals surface area contributed by atoms with Gasteiger partial charge in [0.2, 0.25) is 0 Å². The number of nitrogen functional groups attached to an aromatic ring is 1. The molecule has 0 fully saturated rings. The van der Waals surface area contributed by atoms with Crippen LogP contribution in [0, 0.1) is 12.3 Å². The first-order chi connectivity index (χ1) is 8.15. The second kappa shape index (κ2) is 6.44. The van der Waals surface area contributed by atoms with Gasteiger partial charge in [0.1, 0.15) is 5.75 Å². The lowest BCUT2D eigenvalue weighted by atomic mass is 10.1. The van der Waals surface area contributed by atoms with E-state index in [1.54, 1.807) is 6.07 Å². The third-order valence-corrected chi connectivity index (χ3v) is 2.33. The Balaban J connectivity index is 2.42. The highest BCUT2D eigenvalue weighted by atomic mass is 16.3. The van der Waals surface area contributed by atoms with Gasteiger partial charge in [0, 0.05) is 18.5 Å². The van der Waals surface area contributed by atoms with Gasteiger partial charge in [-0.15, -0.1) is 12.3 Å². The molecular weight excluding hydrogens is 216 g/mol. The lowest BCUT2D eigenvalue weighted by molar-refractivity contribution is 0.0952. The number of aromatic hydroxyl groups is 1. The fourth-order valence-electron chi connectivity index (χ4n) is 1.34. The third kappa shape index (κ3) is 4.07. The smallest absolute Gasteiger partial charge is 0.251 e. The van der Waals surface area contributed by atoms with Crippen LogP contribution in [0.2, 0.25) is 0 Å². The zero-order valence-corrected chi connectivity index (χ0v) is 9.57. The first-order valence-corrected chi connectivity index (χ1v) is 5.45. The number of carbonyl (C=O) groups is 1. The second-order valence-corrected chi connectivity index (χ2v) is 3.69. The number of phenolic OH excluding ortho intramolecular Hbond substituents is 1. The number of hydrogen-bond acceptors (Lipinski definition) is 3. The van der Waals surface area contributed by atoms with Crippen LogP contribution in [0.25, 0.3) is 0 Å². The number of phenols is 1. The van der Waals surface area contributed by atoms with E-state index in [1.165, 1.54) is 12.1 Å². The van der Waals surface area contributed by atoms with Crippen molar-refractivity contribution < 1.29 is 9.90 Å². The number of amides is 1. The van der Waals surface area contributed by atoms with Gasteiger partial charge >= 0.3 is 0 Å². The van der Waals surface area contributed by atoms with E-state index < -0.39 is 0 Å². The zero-order chi connectivity index (χ0) is 12.7. The molecule has 0 aliphatic rings. The summed E-state index contributed by atoms with van der Waals surface area (Å²) < 4.78 is 0. The third-order valence-electron chi connectivity index (χ3n) is 2.33. The molecular formula is C13H16N2O2. The Morgan fingerprint density at radius 2 is 2.24 bits per heavy atom. The minimum absolute atomic E-state index is 0.0787. The van der Waals surface area contributed by atoms with Gasteiger partial charge in [-0.1, -0.05) is 0 Å². The summed E-state index contributed by atoms with van der Waals surface area (Å²) in [4.78, 5) is 11.6. The van der Waals surface area contributed by atoms with Gasteiger partial charge in [-0.25, -0.2) is 0 Å². The van der Waals surface area contributed by atoms with Crippen LogP contribution in [0.1, 0.15) is 29.6 Å². The van der Waals surface area contributed by atoms with Crippen LogP contribution in [0.3, 0.4) is 0 Å². The highest BCUT2D eigenvalue weighted by Gasteiger charge is 2.06. The molecule has 4 nitrogen and oxygen atoms in total. The molecule has 0 saturated heterocycles. The maximum absolute atomic E-state index is 11.6. The molecule has 1 aromatic rings. The van der Waals surface area contributed by atoms with Crippen LogP contribution in [0.5, 0.6) is 5.75 Å². The zero-order valence-electron chi connectivity index (χ0n) is 9.57. The highest BCUT2D eigenvalue weighted by Crippen LogP contribution is 2.20. The number of rotatable bonds is 5. The standard InChI is InChI=1S/C13H16N2O2/c1-2-3-4-5-8-15-13(17)10-6-7-11(14)12(16)9-10/h1,6-7,9,16H,3-5,8,14H2,(H,15,17). The number of terminal acetylenes is 1. The average Bonchev–Trinajstić information content (AvgIpc) is 2.32. The summed E-state index contributed by atoms with van der Waals surface area (Å²) in [5.41, 5.74) is 6.10. The van der Waals surface area contributed by atoms with Crippen LogP contribution in [0.4, 0.5) is 5.69 Å². The predicted octanol–water partition coefficient (Wildman–Crippen LogP) is 1.51. The summed E-state index contributed by atoms with van der Waals surface area (Å²) in [6, 6.07) is 4.43. The van der Waals surface area contributed by atoms with Gasteiger partial charge in [0.05, 0.1) is 5.69 Å². The van der Waals surface area contributed by atoms with Crippen molar-refractivity contribution in [3.05, 3.63) is 23.8 Å². The lowest BCUT2D eigenvalue weighted by Crippen LogP contribution is -2.24. The Hall–Kier alpha value is -2.15. The van der Waals surface area contributed by atoms with E-state index in [4.69, 9.17) is 12.2 Å². The molecule has 0 atom stereocenters. The molecule has 0 spiro atoms. The molecule has 90 valence electrons. The molecule has 0 bridgehead atoms. The number of unbranched alkanes of at least 4 members (excludes halogenated alkanes) is 2. The Morgan fingerprint density at radius 3 is 2.88 bits per heavy atom. The average molecular weight is 232 g/mol. The van der Waals surface area contributed by atoms with Crippen molar-refractivity contribution in [2.45, 2.75) is 19.3 Å². The highest BCUT2D eigenvalue weighted by molar-refractivity contribution is 5.95. The first kappa shape index (κ1) is 12.9. The largest absolute Gasteiger partial charge is 0.506 e. The molecule has 0 heterocycles. The monoisotopic (exact) mass is 232 g/mol. The van der Waals surface area contributed by atoms with Crippen LogP contribution in [-0.4, -0.2) is 17.6 Å². The number of benzene rings is 1. The maximum atomic E-state index is 11.6. The van der Waals surface area contributed by atoms with Crippen molar-refractivity contribution in [3.8, 4) is 18.1 Å². The molecule has 17 heavy (non-hydrogen) atoms. The first-order valence-electron chi connectivity index (χ1n) is 5.45. The minimum atomic E-state index is -0.221. The molecule has 0 aliphatic carbocycles. The number of anilines is 1. The summed E-state index contributed by atoms with van der Waals surface area (Å²) in [5.74, 6) is 2.24. The van der Waals surface area contributed by atoms with Gasteiger partial charge < -0.3 is 16.2 Å². The summed E-state index contributed by atoms with van der Waals surface area (Å²) >= 11 is 0. The Morgan fingerprint density at radius 1 is 1.47 bits per heavy atom. The molecule has 0 radical (unpaired) electrons. The predicted molar refractivity (Wildman–Crippen MR) is 67.5 cm³/mol. The molecule has 0 saturated carbocycles. The van der Waals surface area contributed by atoms with Crippen molar-refractivity contribution in [2.24, 2.45) is 0 Å². The van der Waals surface area contributed by atoms with Crippen LogP contribution >= 0.6 is 0 Å². The van der Waals surface area contributed by atoms with Crippen LogP contribution < -0.4 is 11.1 Å². The minimum Gasteiger partial charge on any atom is -0.506 e. The molecule has 1 aromatic carbocycles. The lowest BCUT2D eigenvalue weighted by Gasteiger charge is -2.05. The van der Waals surface area contributed by atoms with Gasteiger partial charge in [-0.3, -0.25) is 4.79 Å². The summed E-state index contributed by atoms with van der Waals surface area (Å²) in [5, 5.41) is 12.1. The number of nitrogens with one attached hydrogen (secondary N) is 1. The van der Waals surface area contributed by atoms with E-state index in [0.717, 1.165) is 19.3 Å². The molecule has 0 aliphatic heterocycles.